The summed E-state index contributed by atoms with van der Waals surface area (Å²) in [5.74, 6) is -0.438. The maximum atomic E-state index is 12.9. The average molecular weight is 376 g/mol. The van der Waals surface area contributed by atoms with Crippen molar-refractivity contribution in [2.45, 2.75) is 32.6 Å². The number of carbonyl (C=O) groups is 3. The second kappa shape index (κ2) is 7.58. The molecule has 3 rings (SSSR count). The van der Waals surface area contributed by atoms with E-state index in [1.807, 2.05) is 6.92 Å². The van der Waals surface area contributed by atoms with Gasteiger partial charge in [-0.3, -0.25) is 14.4 Å². The summed E-state index contributed by atoms with van der Waals surface area (Å²) in [6.07, 6.45) is 2.18. The van der Waals surface area contributed by atoms with Crippen LogP contribution in [0.25, 0.3) is 0 Å². The number of nitrogens with zero attached hydrogens (tertiary/aromatic N) is 3. The fourth-order valence-electron chi connectivity index (χ4n) is 3.51. The standard InChI is InChI=1S/C19H22ClN3O3/c1-12-10-14(20)5-6-15(12)18(25)13-4-3-9-23(11-13)19(26)16-7-8-17(24)22(2)21-16/h5-6,10,13H,3-4,7-9,11H2,1-2H3. The van der Waals surface area contributed by atoms with Gasteiger partial charge in [-0.05, 0) is 43.5 Å². The lowest BCUT2D eigenvalue weighted by Crippen LogP contribution is -2.46. The molecule has 2 aliphatic heterocycles. The van der Waals surface area contributed by atoms with E-state index in [1.165, 1.54) is 5.01 Å². The molecule has 138 valence electrons. The highest BCUT2D eigenvalue weighted by Crippen LogP contribution is 2.25. The van der Waals surface area contributed by atoms with Gasteiger partial charge in [-0.15, -0.1) is 0 Å². The second-order valence-electron chi connectivity index (χ2n) is 6.88. The van der Waals surface area contributed by atoms with Crippen LogP contribution < -0.4 is 0 Å². The summed E-state index contributed by atoms with van der Waals surface area (Å²) in [6.45, 7) is 2.86. The minimum atomic E-state index is -0.226. The number of hydrogen-bond donors (Lipinski definition) is 0. The van der Waals surface area contributed by atoms with Crippen LogP contribution in [-0.2, 0) is 9.59 Å². The summed E-state index contributed by atoms with van der Waals surface area (Å²) in [6, 6.07) is 5.26. The fourth-order valence-corrected chi connectivity index (χ4v) is 3.73. The van der Waals surface area contributed by atoms with E-state index in [0.717, 1.165) is 18.4 Å². The first-order chi connectivity index (χ1) is 12.4. The molecule has 1 fully saturated rings. The number of piperidine rings is 1. The monoisotopic (exact) mass is 375 g/mol. The maximum absolute atomic E-state index is 12.9. The highest BCUT2D eigenvalue weighted by molar-refractivity contribution is 6.39. The summed E-state index contributed by atoms with van der Waals surface area (Å²) in [7, 11) is 1.56. The van der Waals surface area contributed by atoms with Crippen LogP contribution in [-0.4, -0.2) is 53.4 Å². The lowest BCUT2D eigenvalue weighted by molar-refractivity contribution is -0.130. The van der Waals surface area contributed by atoms with E-state index in [0.29, 0.717) is 42.2 Å². The predicted octanol–water partition coefficient (Wildman–Crippen LogP) is 2.68. The number of amides is 2. The molecule has 26 heavy (non-hydrogen) atoms. The van der Waals surface area contributed by atoms with Crippen LogP contribution in [0.2, 0.25) is 5.02 Å². The number of halogens is 1. The number of hydrazone groups is 1. The number of rotatable bonds is 3. The summed E-state index contributed by atoms with van der Waals surface area (Å²) in [5.41, 5.74) is 1.90. The van der Waals surface area contributed by atoms with Crippen molar-refractivity contribution >= 4 is 34.9 Å². The van der Waals surface area contributed by atoms with Gasteiger partial charge in [0.05, 0.1) is 0 Å². The van der Waals surface area contributed by atoms with Crippen LogP contribution in [0, 0.1) is 12.8 Å². The van der Waals surface area contributed by atoms with Crippen molar-refractivity contribution in [3.05, 3.63) is 34.3 Å². The van der Waals surface area contributed by atoms with Crippen LogP contribution in [0.5, 0.6) is 0 Å². The molecule has 2 heterocycles. The van der Waals surface area contributed by atoms with Gasteiger partial charge < -0.3 is 4.90 Å². The lowest BCUT2D eigenvalue weighted by Gasteiger charge is -2.33. The van der Waals surface area contributed by atoms with Crippen LogP contribution >= 0.6 is 11.6 Å². The first kappa shape index (κ1) is 18.6. The minimum absolute atomic E-state index is 0.0505. The van der Waals surface area contributed by atoms with Gasteiger partial charge >= 0.3 is 0 Å². The first-order valence-corrected chi connectivity index (χ1v) is 9.18. The van der Waals surface area contributed by atoms with E-state index >= 15 is 0 Å². The van der Waals surface area contributed by atoms with Gasteiger partial charge in [0, 0.05) is 49.5 Å². The zero-order valence-electron chi connectivity index (χ0n) is 15.0. The fraction of sp³-hybridized carbons (Fsp3) is 0.474. The van der Waals surface area contributed by atoms with Crippen molar-refractivity contribution in [3.8, 4) is 0 Å². The number of hydrogen-bond acceptors (Lipinski definition) is 4. The van der Waals surface area contributed by atoms with Crippen molar-refractivity contribution in [3.63, 3.8) is 0 Å². The maximum Gasteiger partial charge on any atom is 0.270 e. The van der Waals surface area contributed by atoms with Crippen LogP contribution in [0.15, 0.2) is 23.3 Å². The highest BCUT2D eigenvalue weighted by atomic mass is 35.5. The molecule has 1 saturated heterocycles. The van der Waals surface area contributed by atoms with Crippen LogP contribution in [0.4, 0.5) is 0 Å². The van der Waals surface area contributed by atoms with E-state index in [-0.39, 0.29) is 23.5 Å². The molecule has 7 heteroatoms. The number of likely N-dealkylation sites (tertiary alicyclic amines) is 1. The molecular weight excluding hydrogens is 354 g/mol. The molecule has 2 amide bonds. The molecule has 0 aromatic heterocycles. The molecule has 0 aliphatic carbocycles. The molecule has 0 spiro atoms. The Hall–Kier alpha value is -2.21. The smallest absolute Gasteiger partial charge is 0.270 e. The summed E-state index contributed by atoms with van der Waals surface area (Å²) in [5, 5.41) is 5.93. The van der Waals surface area contributed by atoms with E-state index in [1.54, 1.807) is 30.1 Å². The normalized spacial score (nSPS) is 20.8. The van der Waals surface area contributed by atoms with Crippen LogP contribution in [0.3, 0.4) is 0 Å². The quantitative estimate of drug-likeness (QED) is 0.762. The molecular formula is C19H22ClN3O3. The zero-order valence-corrected chi connectivity index (χ0v) is 15.8. The largest absolute Gasteiger partial charge is 0.337 e. The molecule has 1 atom stereocenters. The molecule has 1 unspecified atom stereocenters. The Morgan fingerprint density at radius 2 is 2.04 bits per heavy atom. The summed E-state index contributed by atoms with van der Waals surface area (Å²) in [4.78, 5) is 38.9. The van der Waals surface area contributed by atoms with Gasteiger partial charge in [0.25, 0.3) is 5.91 Å². The molecule has 6 nitrogen and oxygen atoms in total. The van der Waals surface area contributed by atoms with E-state index < -0.39 is 0 Å². The van der Waals surface area contributed by atoms with Crippen LogP contribution in [0.1, 0.15) is 41.6 Å². The van der Waals surface area contributed by atoms with Gasteiger partial charge in [-0.25, -0.2) is 5.01 Å². The molecule has 0 saturated carbocycles. The topological polar surface area (TPSA) is 70.1 Å². The number of benzene rings is 1. The zero-order chi connectivity index (χ0) is 18.8. The third-order valence-electron chi connectivity index (χ3n) is 4.99. The van der Waals surface area contributed by atoms with Gasteiger partial charge in [-0.2, -0.15) is 5.10 Å². The van der Waals surface area contributed by atoms with Gasteiger partial charge in [0.1, 0.15) is 5.71 Å². The first-order valence-electron chi connectivity index (χ1n) is 8.80. The Morgan fingerprint density at radius 1 is 1.27 bits per heavy atom. The Balaban J connectivity index is 1.73. The van der Waals surface area contributed by atoms with Gasteiger partial charge in [0.2, 0.25) is 5.91 Å². The number of aryl methyl sites for hydroxylation is 1. The molecule has 1 aromatic rings. The van der Waals surface area contributed by atoms with Gasteiger partial charge in [-0.1, -0.05) is 11.6 Å². The van der Waals surface area contributed by atoms with Crippen molar-refractivity contribution < 1.29 is 14.4 Å². The Morgan fingerprint density at radius 3 is 2.73 bits per heavy atom. The Labute approximate surface area is 157 Å². The minimum Gasteiger partial charge on any atom is -0.337 e. The van der Waals surface area contributed by atoms with E-state index in [2.05, 4.69) is 5.10 Å². The number of Topliss-reactive ketones (excluding diaryl/α,β-unsaturated/α-hetero) is 1. The Bertz CT molecular complexity index is 790. The van der Waals surface area contributed by atoms with Crippen molar-refractivity contribution in [1.29, 1.82) is 0 Å². The number of ketones is 1. The molecule has 0 bridgehead atoms. The average Bonchev–Trinajstić information content (AvgIpc) is 2.63. The molecule has 2 aliphatic rings. The van der Waals surface area contributed by atoms with Crippen molar-refractivity contribution in [1.82, 2.24) is 9.91 Å². The summed E-state index contributed by atoms with van der Waals surface area (Å²) < 4.78 is 0. The third-order valence-corrected chi connectivity index (χ3v) is 5.22. The second-order valence-corrected chi connectivity index (χ2v) is 7.31. The van der Waals surface area contributed by atoms with Crippen molar-refractivity contribution in [2.24, 2.45) is 11.0 Å². The SMILES string of the molecule is Cc1cc(Cl)ccc1C(=O)C1CCCN(C(=O)C2=NN(C)C(=O)CC2)C1. The Kier molecular flexibility index (Phi) is 5.41. The molecule has 0 N–H and O–H groups in total. The third kappa shape index (κ3) is 3.80. The molecule has 1 aromatic carbocycles. The molecule has 0 radical (unpaired) electrons. The number of carbonyl (C=O) groups excluding carboxylic acids is 3. The van der Waals surface area contributed by atoms with E-state index in [4.69, 9.17) is 11.6 Å². The lowest BCUT2D eigenvalue weighted by atomic mass is 9.88. The van der Waals surface area contributed by atoms with Crippen molar-refractivity contribution in [2.75, 3.05) is 20.1 Å². The van der Waals surface area contributed by atoms with E-state index in [9.17, 15) is 14.4 Å². The summed E-state index contributed by atoms with van der Waals surface area (Å²) >= 11 is 5.97. The highest BCUT2D eigenvalue weighted by Gasteiger charge is 2.32. The van der Waals surface area contributed by atoms with Gasteiger partial charge in [0.15, 0.2) is 5.78 Å². The predicted molar refractivity (Wildman–Crippen MR) is 99.3 cm³/mol.